The molecule has 4 nitrogen and oxygen atoms in total. The van der Waals surface area contributed by atoms with Crippen LogP contribution < -0.4 is 5.43 Å². The Morgan fingerprint density at radius 2 is 1.72 bits per heavy atom. The van der Waals surface area contributed by atoms with Crippen LogP contribution in [0.25, 0.3) is 0 Å². The maximum atomic E-state index is 12.1. The molecule has 3 rings (SSSR count). The molecule has 4 heteroatoms. The molecule has 0 atom stereocenters. The van der Waals surface area contributed by atoms with Crippen molar-refractivity contribution in [1.29, 1.82) is 0 Å². The third-order valence-corrected chi connectivity index (χ3v) is 4.88. The lowest BCUT2D eigenvalue weighted by Gasteiger charge is -2.22. The molecule has 1 fully saturated rings. The molecule has 0 unspecified atom stereocenters. The monoisotopic (exact) mass is 336 g/mol. The van der Waals surface area contributed by atoms with Gasteiger partial charge in [-0.1, -0.05) is 55.7 Å². The van der Waals surface area contributed by atoms with Gasteiger partial charge in [-0.3, -0.25) is 4.79 Å². The minimum absolute atomic E-state index is 0.0512. The Kier molecular flexibility index (Phi) is 5.49. The summed E-state index contributed by atoms with van der Waals surface area (Å²) in [6, 6.07) is 14.9. The number of hydrogen-bond donors (Lipinski definition) is 2. The molecular formula is C21H24N2O2. The Labute approximate surface area is 148 Å². The van der Waals surface area contributed by atoms with E-state index in [1.165, 1.54) is 43.7 Å². The van der Waals surface area contributed by atoms with Crippen molar-refractivity contribution in [3.8, 4) is 5.75 Å². The highest BCUT2D eigenvalue weighted by molar-refractivity contribution is 6.01. The van der Waals surface area contributed by atoms with Crippen LogP contribution in [0.4, 0.5) is 0 Å². The number of phenols is 1. The molecule has 1 amide bonds. The van der Waals surface area contributed by atoms with Gasteiger partial charge in [-0.05, 0) is 48.9 Å². The molecule has 2 N–H and O–H groups in total. The molecule has 0 bridgehead atoms. The van der Waals surface area contributed by atoms with Crippen LogP contribution in [0.15, 0.2) is 53.6 Å². The van der Waals surface area contributed by atoms with Crippen LogP contribution >= 0.6 is 0 Å². The topological polar surface area (TPSA) is 61.7 Å². The summed E-state index contributed by atoms with van der Waals surface area (Å²) in [6.45, 7) is 1.86. The molecule has 25 heavy (non-hydrogen) atoms. The van der Waals surface area contributed by atoms with Crippen molar-refractivity contribution in [2.45, 2.75) is 44.9 Å². The number of aromatic hydroxyl groups is 1. The number of phenolic OH excluding ortho intramolecular Hbond substituents is 1. The van der Waals surface area contributed by atoms with E-state index in [1.54, 1.807) is 18.2 Å². The summed E-state index contributed by atoms with van der Waals surface area (Å²) in [6.07, 6.45) is 6.57. The molecule has 2 aromatic carbocycles. The highest BCUT2D eigenvalue weighted by Gasteiger charge is 2.15. The Bertz CT molecular complexity index is 760. The average Bonchev–Trinajstić information content (AvgIpc) is 2.67. The second kappa shape index (κ2) is 7.97. The first-order chi connectivity index (χ1) is 12.1. The Balaban J connectivity index is 1.66. The number of hydrazone groups is 1. The van der Waals surface area contributed by atoms with Crippen LogP contribution in [0, 0.1) is 0 Å². The third kappa shape index (κ3) is 4.27. The van der Waals surface area contributed by atoms with Gasteiger partial charge in [-0.25, -0.2) is 5.43 Å². The number of nitrogens with one attached hydrogen (secondary N) is 1. The summed E-state index contributed by atoms with van der Waals surface area (Å²) in [5, 5.41) is 13.9. The van der Waals surface area contributed by atoms with Gasteiger partial charge in [0.25, 0.3) is 5.91 Å². The summed E-state index contributed by atoms with van der Waals surface area (Å²) in [4.78, 5) is 12.1. The van der Waals surface area contributed by atoms with Crippen molar-refractivity contribution in [2.24, 2.45) is 5.10 Å². The van der Waals surface area contributed by atoms with E-state index in [2.05, 4.69) is 34.8 Å². The summed E-state index contributed by atoms with van der Waals surface area (Å²) >= 11 is 0. The molecule has 1 aliphatic carbocycles. The number of amides is 1. The van der Waals surface area contributed by atoms with E-state index in [1.807, 2.05) is 6.92 Å². The summed E-state index contributed by atoms with van der Waals surface area (Å²) in [5.74, 6) is 0.210. The number of nitrogens with zero attached hydrogens (tertiary/aromatic N) is 1. The SMILES string of the molecule is C/C(=N/NC(=O)c1ccccc1O)c1ccc(C2CCCCC2)cc1. The van der Waals surface area contributed by atoms with Gasteiger partial charge in [0, 0.05) is 0 Å². The van der Waals surface area contributed by atoms with E-state index in [0.717, 1.165) is 11.3 Å². The van der Waals surface area contributed by atoms with Gasteiger partial charge in [0.05, 0.1) is 11.3 Å². The first-order valence-corrected chi connectivity index (χ1v) is 8.88. The van der Waals surface area contributed by atoms with Gasteiger partial charge >= 0.3 is 0 Å². The number of hydrogen-bond acceptors (Lipinski definition) is 3. The molecule has 1 saturated carbocycles. The molecule has 2 aromatic rings. The second-order valence-electron chi connectivity index (χ2n) is 6.61. The standard InChI is InChI=1S/C21H24N2O2/c1-15(22-23-21(25)19-9-5-6-10-20(19)24)16-11-13-18(14-12-16)17-7-3-2-4-8-17/h5-6,9-14,17,24H,2-4,7-8H2,1H3,(H,23,25)/b22-15-. The Morgan fingerprint density at radius 1 is 1.04 bits per heavy atom. The van der Waals surface area contributed by atoms with Gasteiger partial charge in [0.1, 0.15) is 5.75 Å². The Hall–Kier alpha value is -2.62. The lowest BCUT2D eigenvalue weighted by Crippen LogP contribution is -2.19. The molecule has 0 aliphatic heterocycles. The van der Waals surface area contributed by atoms with Crippen LogP contribution in [-0.4, -0.2) is 16.7 Å². The van der Waals surface area contributed by atoms with E-state index < -0.39 is 5.91 Å². The van der Waals surface area contributed by atoms with Gasteiger partial charge in [-0.2, -0.15) is 5.10 Å². The first-order valence-electron chi connectivity index (χ1n) is 8.88. The molecule has 0 radical (unpaired) electrons. The highest BCUT2D eigenvalue weighted by Crippen LogP contribution is 2.32. The highest BCUT2D eigenvalue weighted by atomic mass is 16.3. The molecule has 1 aliphatic rings. The van der Waals surface area contributed by atoms with Crippen LogP contribution in [0.5, 0.6) is 5.75 Å². The van der Waals surface area contributed by atoms with Crippen LogP contribution in [0.3, 0.4) is 0 Å². The quantitative estimate of drug-likeness (QED) is 0.633. The zero-order chi connectivity index (χ0) is 17.6. The summed E-state index contributed by atoms with van der Waals surface area (Å²) in [7, 11) is 0. The predicted molar refractivity (Wildman–Crippen MR) is 100 cm³/mol. The van der Waals surface area contributed by atoms with Gasteiger partial charge in [-0.15, -0.1) is 0 Å². The van der Waals surface area contributed by atoms with E-state index in [4.69, 9.17) is 0 Å². The number of para-hydroxylation sites is 1. The second-order valence-corrected chi connectivity index (χ2v) is 6.61. The van der Waals surface area contributed by atoms with Gasteiger partial charge < -0.3 is 5.11 Å². The van der Waals surface area contributed by atoms with E-state index >= 15 is 0 Å². The molecule has 0 heterocycles. The lowest BCUT2D eigenvalue weighted by atomic mass is 9.84. The number of carbonyl (C=O) groups is 1. The largest absolute Gasteiger partial charge is 0.507 e. The molecule has 0 saturated heterocycles. The number of benzene rings is 2. The average molecular weight is 336 g/mol. The molecule has 0 aromatic heterocycles. The zero-order valence-corrected chi connectivity index (χ0v) is 14.5. The normalized spacial score (nSPS) is 15.8. The van der Waals surface area contributed by atoms with Crippen molar-refractivity contribution in [1.82, 2.24) is 5.43 Å². The maximum absolute atomic E-state index is 12.1. The lowest BCUT2D eigenvalue weighted by molar-refractivity contribution is 0.0952. The van der Waals surface area contributed by atoms with Crippen molar-refractivity contribution < 1.29 is 9.90 Å². The minimum Gasteiger partial charge on any atom is -0.507 e. The maximum Gasteiger partial charge on any atom is 0.275 e. The first kappa shape index (κ1) is 17.2. The van der Waals surface area contributed by atoms with Gasteiger partial charge in [0.15, 0.2) is 0 Å². The van der Waals surface area contributed by atoms with Crippen LogP contribution in [0.2, 0.25) is 0 Å². The summed E-state index contributed by atoms with van der Waals surface area (Å²) < 4.78 is 0. The smallest absolute Gasteiger partial charge is 0.275 e. The van der Waals surface area contributed by atoms with Crippen LogP contribution in [0.1, 0.15) is 66.4 Å². The number of rotatable bonds is 4. The Morgan fingerprint density at radius 3 is 2.40 bits per heavy atom. The molecule has 0 spiro atoms. The minimum atomic E-state index is -0.420. The molecular weight excluding hydrogens is 312 g/mol. The van der Waals surface area contributed by atoms with Crippen molar-refractivity contribution in [2.75, 3.05) is 0 Å². The van der Waals surface area contributed by atoms with Crippen molar-refractivity contribution >= 4 is 11.6 Å². The third-order valence-electron chi connectivity index (χ3n) is 4.88. The number of carbonyl (C=O) groups excluding carboxylic acids is 1. The molecule has 130 valence electrons. The fourth-order valence-electron chi connectivity index (χ4n) is 3.36. The zero-order valence-electron chi connectivity index (χ0n) is 14.5. The predicted octanol–water partition coefficient (Wildman–Crippen LogP) is 4.59. The fourth-order valence-corrected chi connectivity index (χ4v) is 3.36. The van der Waals surface area contributed by atoms with Crippen molar-refractivity contribution in [3.05, 3.63) is 65.2 Å². The van der Waals surface area contributed by atoms with E-state index in [0.29, 0.717) is 5.92 Å². The van der Waals surface area contributed by atoms with E-state index in [9.17, 15) is 9.90 Å². The van der Waals surface area contributed by atoms with Crippen molar-refractivity contribution in [3.63, 3.8) is 0 Å². The fraction of sp³-hybridized carbons (Fsp3) is 0.333. The van der Waals surface area contributed by atoms with Gasteiger partial charge in [0.2, 0.25) is 0 Å². The summed E-state index contributed by atoms with van der Waals surface area (Å²) in [5.41, 5.74) is 5.84. The van der Waals surface area contributed by atoms with Crippen LogP contribution in [-0.2, 0) is 0 Å². The van der Waals surface area contributed by atoms with E-state index in [-0.39, 0.29) is 11.3 Å².